The number of amides is 1. The van der Waals surface area contributed by atoms with Gasteiger partial charge in [-0.05, 0) is 55.2 Å². The van der Waals surface area contributed by atoms with Crippen molar-refractivity contribution in [3.8, 4) is 0 Å². The molecule has 3 rings (SSSR count). The van der Waals surface area contributed by atoms with Gasteiger partial charge >= 0.3 is 7.52 Å². The molecule has 1 amide bonds. The molecule has 1 aromatic rings. The number of benzene rings is 1. The SMILES string of the molecule is CCOP1(=O)N=C(C2=C(O)[C@H](C(C)(C)C)N(CC(C)C)C2=O)Nc2ccc(CCCCCS(C)(=O)=O)cc21. The van der Waals surface area contributed by atoms with Gasteiger partial charge in [0.1, 0.15) is 21.2 Å². The normalized spacial score (nSPS) is 22.1. The van der Waals surface area contributed by atoms with E-state index in [4.69, 9.17) is 4.52 Å². The Bertz CT molecular complexity index is 1280. The number of unbranched alkanes of at least 4 members (excludes halogenated alkanes) is 2. The van der Waals surface area contributed by atoms with Gasteiger partial charge in [-0.3, -0.25) is 9.36 Å². The van der Waals surface area contributed by atoms with Crippen LogP contribution in [0.2, 0.25) is 0 Å². The van der Waals surface area contributed by atoms with E-state index in [-0.39, 0.29) is 41.4 Å². The lowest BCUT2D eigenvalue weighted by molar-refractivity contribution is -0.129. The molecule has 0 aromatic heterocycles. The van der Waals surface area contributed by atoms with E-state index in [1.807, 2.05) is 46.8 Å². The molecular weight excluding hydrogens is 525 g/mol. The second-order valence-electron chi connectivity index (χ2n) is 11.7. The molecule has 2 aliphatic heterocycles. The number of nitrogens with one attached hydrogen (secondary N) is 1. The number of amidine groups is 1. The molecular formula is C27H42N3O6PS. The van der Waals surface area contributed by atoms with E-state index in [0.29, 0.717) is 30.4 Å². The van der Waals surface area contributed by atoms with Crippen molar-refractivity contribution in [3.05, 3.63) is 35.1 Å². The minimum Gasteiger partial charge on any atom is -0.509 e. The Hall–Kier alpha value is -2.16. The maximum Gasteiger partial charge on any atom is 0.348 e. The van der Waals surface area contributed by atoms with Gasteiger partial charge in [-0.2, -0.15) is 4.76 Å². The van der Waals surface area contributed by atoms with Crippen LogP contribution in [0.3, 0.4) is 0 Å². The minimum atomic E-state index is -3.74. The first kappa shape index (κ1) is 30.4. The third kappa shape index (κ3) is 6.88. The second-order valence-corrected chi connectivity index (χ2v) is 15.9. The van der Waals surface area contributed by atoms with Crippen LogP contribution in [0.15, 0.2) is 34.3 Å². The second kappa shape index (κ2) is 11.5. The van der Waals surface area contributed by atoms with Crippen LogP contribution in [0.4, 0.5) is 5.69 Å². The van der Waals surface area contributed by atoms with Crippen molar-refractivity contribution in [1.82, 2.24) is 4.90 Å². The molecule has 2 heterocycles. The lowest BCUT2D eigenvalue weighted by atomic mass is 9.85. The Morgan fingerprint density at radius 2 is 1.89 bits per heavy atom. The van der Waals surface area contributed by atoms with Crippen LogP contribution >= 0.6 is 7.52 Å². The molecule has 2 N–H and O–H groups in total. The van der Waals surface area contributed by atoms with E-state index in [1.54, 1.807) is 17.9 Å². The van der Waals surface area contributed by atoms with E-state index in [2.05, 4.69) is 10.1 Å². The predicted molar refractivity (Wildman–Crippen MR) is 153 cm³/mol. The van der Waals surface area contributed by atoms with Crippen LogP contribution in [-0.2, 0) is 30.1 Å². The lowest BCUT2D eigenvalue weighted by Crippen LogP contribution is -2.45. The first-order valence-electron chi connectivity index (χ1n) is 13.2. The molecule has 0 radical (unpaired) electrons. The molecule has 11 heteroatoms. The van der Waals surface area contributed by atoms with Crippen LogP contribution in [0.1, 0.15) is 66.4 Å². The molecule has 212 valence electrons. The number of rotatable bonds is 11. The van der Waals surface area contributed by atoms with Gasteiger partial charge in [-0.25, -0.2) is 8.42 Å². The Morgan fingerprint density at radius 1 is 1.21 bits per heavy atom. The highest BCUT2D eigenvalue weighted by atomic mass is 32.2. The number of nitrogens with zero attached hydrogens (tertiary/aromatic N) is 2. The summed E-state index contributed by atoms with van der Waals surface area (Å²) in [5.41, 5.74) is 1.07. The summed E-state index contributed by atoms with van der Waals surface area (Å²) in [5, 5.41) is 14.9. The van der Waals surface area contributed by atoms with Gasteiger partial charge in [0.25, 0.3) is 5.91 Å². The van der Waals surface area contributed by atoms with Crippen LogP contribution in [0.5, 0.6) is 0 Å². The van der Waals surface area contributed by atoms with Gasteiger partial charge in [0.15, 0.2) is 5.84 Å². The fourth-order valence-corrected chi connectivity index (χ4v) is 7.56. The zero-order valence-corrected chi connectivity index (χ0v) is 25.3. The van der Waals surface area contributed by atoms with Crippen molar-refractivity contribution in [2.45, 2.75) is 73.3 Å². The molecule has 0 bridgehead atoms. The fraction of sp³-hybridized carbons (Fsp3) is 0.630. The molecule has 0 saturated heterocycles. The summed E-state index contributed by atoms with van der Waals surface area (Å²) in [5.74, 6) is -0.00112. The lowest BCUT2D eigenvalue weighted by Gasteiger charge is -2.36. The zero-order valence-electron chi connectivity index (χ0n) is 23.6. The van der Waals surface area contributed by atoms with Gasteiger partial charge in [-0.15, -0.1) is 0 Å². The van der Waals surface area contributed by atoms with Crippen LogP contribution in [0.25, 0.3) is 0 Å². The van der Waals surface area contributed by atoms with Crippen molar-refractivity contribution in [1.29, 1.82) is 0 Å². The van der Waals surface area contributed by atoms with Gasteiger partial charge in [0.2, 0.25) is 0 Å². The monoisotopic (exact) mass is 567 g/mol. The minimum absolute atomic E-state index is 0.0334. The highest BCUT2D eigenvalue weighted by Gasteiger charge is 2.48. The third-order valence-electron chi connectivity index (χ3n) is 6.56. The van der Waals surface area contributed by atoms with Crippen LogP contribution in [0, 0.1) is 11.3 Å². The Balaban J connectivity index is 1.93. The number of fused-ring (bicyclic) bond motifs is 1. The molecule has 0 spiro atoms. The van der Waals surface area contributed by atoms with Crippen molar-refractivity contribution in [3.63, 3.8) is 0 Å². The molecule has 9 nitrogen and oxygen atoms in total. The number of hydrogen-bond acceptors (Lipinski definition) is 7. The molecule has 1 aromatic carbocycles. The largest absolute Gasteiger partial charge is 0.509 e. The number of hydrogen-bond donors (Lipinski definition) is 2. The number of sulfone groups is 1. The van der Waals surface area contributed by atoms with Gasteiger partial charge in [0, 0.05) is 18.6 Å². The summed E-state index contributed by atoms with van der Waals surface area (Å²) >= 11 is 0. The van der Waals surface area contributed by atoms with E-state index in [9.17, 15) is 22.9 Å². The van der Waals surface area contributed by atoms with Gasteiger partial charge < -0.3 is 19.8 Å². The zero-order chi connectivity index (χ0) is 28.5. The Kier molecular flexibility index (Phi) is 9.21. The molecule has 0 saturated carbocycles. The Morgan fingerprint density at radius 3 is 2.47 bits per heavy atom. The van der Waals surface area contributed by atoms with Crippen molar-refractivity contribution in [2.24, 2.45) is 16.1 Å². The highest BCUT2D eigenvalue weighted by molar-refractivity contribution is 7.90. The van der Waals surface area contributed by atoms with Crippen molar-refractivity contribution < 1.29 is 27.4 Å². The average molecular weight is 568 g/mol. The average Bonchev–Trinajstić information content (AvgIpc) is 3.02. The molecule has 0 fully saturated rings. The van der Waals surface area contributed by atoms with Crippen LogP contribution < -0.4 is 10.6 Å². The summed E-state index contributed by atoms with van der Waals surface area (Å²) in [4.78, 5) is 15.3. The quantitative estimate of drug-likeness (QED) is 0.289. The number of aryl methyl sites for hydroxylation is 1. The summed E-state index contributed by atoms with van der Waals surface area (Å²) in [7, 11) is -6.71. The third-order valence-corrected chi connectivity index (χ3v) is 9.64. The van der Waals surface area contributed by atoms with E-state index < -0.39 is 28.8 Å². The smallest absolute Gasteiger partial charge is 0.348 e. The van der Waals surface area contributed by atoms with E-state index in [1.165, 1.54) is 6.26 Å². The van der Waals surface area contributed by atoms with Gasteiger partial charge in [0.05, 0.1) is 23.6 Å². The van der Waals surface area contributed by atoms with Crippen molar-refractivity contribution in [2.75, 3.05) is 30.5 Å². The molecule has 38 heavy (non-hydrogen) atoms. The standard InChI is InChI=1S/C27H42N3O6PS/c1-8-36-37(33)21-16-19(12-10-9-11-15-38(7,34)35)13-14-20(21)28-25(29-37)22-23(31)24(27(4,5)6)30(26(22)32)17-18(2)3/h13-14,16,18,24,31H,8-12,15,17H2,1-7H3,(H,28,29,33)/t24-,37?/m1/s1. The predicted octanol–water partition coefficient (Wildman–Crippen LogP) is 4.85. The van der Waals surface area contributed by atoms with Gasteiger partial charge in [-0.1, -0.05) is 47.1 Å². The van der Waals surface area contributed by atoms with Crippen molar-refractivity contribution >= 4 is 40.1 Å². The topological polar surface area (TPSA) is 125 Å². The summed E-state index contributed by atoms with van der Waals surface area (Å²) in [6, 6.07) is 4.99. The number of aliphatic hydroxyl groups excluding tert-OH is 1. The maximum absolute atomic E-state index is 14.1. The van der Waals surface area contributed by atoms with Crippen LogP contribution in [-0.4, -0.2) is 61.4 Å². The van der Waals surface area contributed by atoms with E-state index >= 15 is 0 Å². The molecule has 2 aliphatic rings. The first-order chi connectivity index (χ1) is 17.6. The molecule has 2 atom stereocenters. The molecule has 1 unspecified atom stereocenters. The maximum atomic E-state index is 14.1. The summed E-state index contributed by atoms with van der Waals surface area (Å²) in [6.45, 7) is 12.3. The summed E-state index contributed by atoms with van der Waals surface area (Å²) in [6.07, 6.45) is 4.10. The Labute approximate surface area is 227 Å². The summed E-state index contributed by atoms with van der Waals surface area (Å²) < 4.78 is 46.9. The number of aliphatic hydroxyl groups is 1. The highest BCUT2D eigenvalue weighted by Crippen LogP contribution is 2.52. The number of carbonyl (C=O) groups excluding carboxylic acids is 1. The number of carbonyl (C=O) groups is 1. The first-order valence-corrected chi connectivity index (χ1v) is 16.9. The van der Waals surface area contributed by atoms with E-state index in [0.717, 1.165) is 18.4 Å². The number of anilines is 1. The fourth-order valence-electron chi connectivity index (χ4n) is 5.00. The molecule has 0 aliphatic carbocycles.